The van der Waals surface area contributed by atoms with Crippen molar-refractivity contribution in [3.05, 3.63) is 28.2 Å². The Morgan fingerprint density at radius 3 is 2.48 bits per heavy atom. The molecule has 1 aliphatic heterocycles. The maximum absolute atomic E-state index is 13.3. The summed E-state index contributed by atoms with van der Waals surface area (Å²) in [4.78, 5) is 42.0. The summed E-state index contributed by atoms with van der Waals surface area (Å²) in [6.45, 7) is 7.37. The SMILES string of the molecule is CCC(C)C(NC(=O)Nc1ccc(Cl)cc1Cl)C(=O)N1CCN(C(=O)C2CC2)C(C)C1. The van der Waals surface area contributed by atoms with E-state index < -0.39 is 12.1 Å². The number of piperazine rings is 1. The van der Waals surface area contributed by atoms with Crippen molar-refractivity contribution >= 4 is 46.7 Å². The molecule has 1 saturated carbocycles. The van der Waals surface area contributed by atoms with Gasteiger partial charge in [0.1, 0.15) is 6.04 Å². The van der Waals surface area contributed by atoms with Gasteiger partial charge in [-0.25, -0.2) is 4.79 Å². The van der Waals surface area contributed by atoms with E-state index in [0.29, 0.717) is 35.4 Å². The van der Waals surface area contributed by atoms with Gasteiger partial charge in [0.05, 0.1) is 10.7 Å². The minimum atomic E-state index is -0.672. The second-order valence-electron chi connectivity index (χ2n) is 8.53. The lowest BCUT2D eigenvalue weighted by molar-refractivity contribution is -0.144. The van der Waals surface area contributed by atoms with E-state index in [4.69, 9.17) is 23.2 Å². The van der Waals surface area contributed by atoms with Crippen LogP contribution in [0.15, 0.2) is 18.2 Å². The predicted octanol–water partition coefficient (Wildman–Crippen LogP) is 4.00. The van der Waals surface area contributed by atoms with Crippen LogP contribution in [0.2, 0.25) is 10.0 Å². The predicted molar refractivity (Wildman–Crippen MR) is 122 cm³/mol. The Balaban J connectivity index is 1.63. The van der Waals surface area contributed by atoms with Crippen molar-refractivity contribution in [3.8, 4) is 0 Å². The smallest absolute Gasteiger partial charge is 0.319 e. The number of nitrogens with zero attached hydrogens (tertiary/aromatic N) is 2. The quantitative estimate of drug-likeness (QED) is 0.661. The standard InChI is InChI=1S/C22H30Cl2N4O3/c1-4-13(2)19(26-22(31)25-18-8-7-16(23)11-17(18)24)21(30)27-9-10-28(14(3)12-27)20(29)15-5-6-15/h7-8,11,13-15,19H,4-6,9-10,12H2,1-3H3,(H2,25,26,31). The molecular weight excluding hydrogens is 439 g/mol. The fourth-order valence-electron chi connectivity index (χ4n) is 3.82. The first-order chi connectivity index (χ1) is 14.7. The van der Waals surface area contributed by atoms with E-state index in [1.807, 2.05) is 25.7 Å². The van der Waals surface area contributed by atoms with Crippen LogP contribution < -0.4 is 10.6 Å². The number of urea groups is 1. The summed E-state index contributed by atoms with van der Waals surface area (Å²) in [6.07, 6.45) is 2.67. The van der Waals surface area contributed by atoms with Gasteiger partial charge in [0.25, 0.3) is 0 Å². The third-order valence-corrected chi connectivity index (χ3v) is 6.64. The van der Waals surface area contributed by atoms with E-state index in [9.17, 15) is 14.4 Å². The number of hydrogen-bond donors (Lipinski definition) is 2. The van der Waals surface area contributed by atoms with Crippen LogP contribution in [0.25, 0.3) is 0 Å². The number of halogens is 2. The van der Waals surface area contributed by atoms with E-state index >= 15 is 0 Å². The molecule has 3 atom stereocenters. The van der Waals surface area contributed by atoms with Gasteiger partial charge in [-0.15, -0.1) is 0 Å². The molecule has 7 nitrogen and oxygen atoms in total. The van der Waals surface area contributed by atoms with Gasteiger partial charge >= 0.3 is 6.03 Å². The second kappa shape index (κ2) is 10.1. The van der Waals surface area contributed by atoms with Crippen LogP contribution >= 0.6 is 23.2 Å². The van der Waals surface area contributed by atoms with Gasteiger partial charge in [0.2, 0.25) is 11.8 Å². The summed E-state index contributed by atoms with van der Waals surface area (Å²) >= 11 is 12.0. The van der Waals surface area contributed by atoms with E-state index in [2.05, 4.69) is 10.6 Å². The average Bonchev–Trinajstić information content (AvgIpc) is 3.58. The molecular formula is C22H30Cl2N4O3. The number of carbonyl (C=O) groups excluding carboxylic acids is 3. The van der Waals surface area contributed by atoms with Gasteiger partial charge in [-0.1, -0.05) is 43.5 Å². The highest BCUT2D eigenvalue weighted by Crippen LogP contribution is 2.32. The fourth-order valence-corrected chi connectivity index (χ4v) is 4.28. The van der Waals surface area contributed by atoms with E-state index in [-0.39, 0.29) is 29.7 Å². The molecule has 0 aromatic heterocycles. The Labute approximate surface area is 193 Å². The average molecular weight is 469 g/mol. The largest absolute Gasteiger partial charge is 0.337 e. The molecule has 3 rings (SSSR count). The molecule has 1 aromatic rings. The minimum absolute atomic E-state index is 0.0370. The molecule has 9 heteroatoms. The molecule has 0 spiro atoms. The Morgan fingerprint density at radius 2 is 1.90 bits per heavy atom. The fraction of sp³-hybridized carbons (Fsp3) is 0.591. The minimum Gasteiger partial charge on any atom is -0.337 e. The summed E-state index contributed by atoms with van der Waals surface area (Å²) in [7, 11) is 0. The Bertz CT molecular complexity index is 846. The lowest BCUT2D eigenvalue weighted by atomic mass is 9.97. The van der Waals surface area contributed by atoms with Crippen molar-refractivity contribution < 1.29 is 14.4 Å². The van der Waals surface area contributed by atoms with Crippen molar-refractivity contribution in [1.29, 1.82) is 0 Å². The first-order valence-electron chi connectivity index (χ1n) is 10.8. The Morgan fingerprint density at radius 1 is 1.19 bits per heavy atom. The lowest BCUT2D eigenvalue weighted by Gasteiger charge is -2.41. The maximum Gasteiger partial charge on any atom is 0.319 e. The molecule has 31 heavy (non-hydrogen) atoms. The number of amides is 4. The zero-order chi connectivity index (χ0) is 22.7. The number of nitrogens with one attached hydrogen (secondary N) is 2. The molecule has 4 amide bonds. The van der Waals surface area contributed by atoms with Crippen molar-refractivity contribution in [2.45, 2.75) is 52.1 Å². The van der Waals surface area contributed by atoms with Crippen molar-refractivity contribution in [1.82, 2.24) is 15.1 Å². The topological polar surface area (TPSA) is 81.8 Å². The molecule has 1 heterocycles. The number of rotatable bonds is 6. The van der Waals surface area contributed by atoms with E-state index in [1.54, 1.807) is 23.1 Å². The third-order valence-electron chi connectivity index (χ3n) is 6.09. The monoisotopic (exact) mass is 468 g/mol. The molecule has 0 radical (unpaired) electrons. The van der Waals surface area contributed by atoms with E-state index in [0.717, 1.165) is 19.3 Å². The number of hydrogen-bond acceptors (Lipinski definition) is 3. The van der Waals surface area contributed by atoms with Crippen molar-refractivity contribution in [3.63, 3.8) is 0 Å². The van der Waals surface area contributed by atoms with Gasteiger partial charge in [0.15, 0.2) is 0 Å². The summed E-state index contributed by atoms with van der Waals surface area (Å²) < 4.78 is 0. The summed E-state index contributed by atoms with van der Waals surface area (Å²) in [5.74, 6) is 0.190. The first-order valence-corrected chi connectivity index (χ1v) is 11.6. The Kier molecular flexibility index (Phi) is 7.70. The molecule has 1 aliphatic carbocycles. The molecule has 0 bridgehead atoms. The van der Waals surface area contributed by atoms with Crippen LogP contribution in [0, 0.1) is 11.8 Å². The first kappa shape index (κ1) is 23.7. The van der Waals surface area contributed by atoms with Crippen LogP contribution in [0.4, 0.5) is 10.5 Å². The zero-order valence-electron chi connectivity index (χ0n) is 18.2. The van der Waals surface area contributed by atoms with Gasteiger partial charge < -0.3 is 20.4 Å². The zero-order valence-corrected chi connectivity index (χ0v) is 19.7. The normalized spacial score (nSPS) is 20.7. The summed E-state index contributed by atoms with van der Waals surface area (Å²) in [5, 5.41) is 6.30. The van der Waals surface area contributed by atoms with Gasteiger partial charge in [-0.05, 0) is 43.9 Å². The van der Waals surface area contributed by atoms with Crippen LogP contribution in [0.3, 0.4) is 0 Å². The van der Waals surface area contributed by atoms with Crippen LogP contribution in [-0.4, -0.2) is 59.4 Å². The van der Waals surface area contributed by atoms with Gasteiger partial charge in [-0.3, -0.25) is 9.59 Å². The summed E-state index contributed by atoms with van der Waals surface area (Å²) in [5.41, 5.74) is 0.416. The summed E-state index contributed by atoms with van der Waals surface area (Å²) in [6, 6.07) is 3.57. The third kappa shape index (κ3) is 5.83. The van der Waals surface area contributed by atoms with Crippen LogP contribution in [0.5, 0.6) is 0 Å². The highest BCUT2D eigenvalue weighted by molar-refractivity contribution is 6.36. The number of carbonyl (C=O) groups is 3. The highest BCUT2D eigenvalue weighted by atomic mass is 35.5. The second-order valence-corrected chi connectivity index (χ2v) is 9.37. The van der Waals surface area contributed by atoms with Gasteiger partial charge in [0, 0.05) is 36.6 Å². The van der Waals surface area contributed by atoms with Crippen molar-refractivity contribution in [2.75, 3.05) is 25.0 Å². The van der Waals surface area contributed by atoms with E-state index in [1.165, 1.54) is 0 Å². The maximum atomic E-state index is 13.3. The van der Waals surface area contributed by atoms with Crippen LogP contribution in [-0.2, 0) is 9.59 Å². The number of benzene rings is 1. The molecule has 3 unspecified atom stereocenters. The number of anilines is 1. The van der Waals surface area contributed by atoms with Crippen molar-refractivity contribution in [2.24, 2.45) is 11.8 Å². The molecule has 2 fully saturated rings. The Hall–Kier alpha value is -1.99. The lowest BCUT2D eigenvalue weighted by Crippen LogP contribution is -2.60. The van der Waals surface area contributed by atoms with Gasteiger partial charge in [-0.2, -0.15) is 0 Å². The molecule has 1 aromatic carbocycles. The molecule has 2 N–H and O–H groups in total. The van der Waals surface area contributed by atoms with Crippen LogP contribution in [0.1, 0.15) is 40.0 Å². The molecule has 170 valence electrons. The molecule has 2 aliphatic rings. The highest BCUT2D eigenvalue weighted by Gasteiger charge is 2.39. The molecule has 1 saturated heterocycles.